The van der Waals surface area contributed by atoms with Crippen LogP contribution in [0.3, 0.4) is 0 Å². The lowest BCUT2D eigenvalue weighted by Crippen LogP contribution is -1.78. The third-order valence-corrected chi connectivity index (χ3v) is 0.507. The van der Waals surface area contributed by atoms with E-state index in [2.05, 4.69) is 23.3 Å². The molecule has 0 saturated heterocycles. The number of hydrogen-bond acceptors (Lipinski definition) is 1. The molecule has 0 radical (unpaired) electrons. The van der Waals surface area contributed by atoms with E-state index in [1.165, 1.54) is 6.20 Å². The van der Waals surface area contributed by atoms with Crippen molar-refractivity contribution in [3.8, 4) is 0 Å². The highest BCUT2D eigenvalue weighted by Gasteiger charge is 1.71. The van der Waals surface area contributed by atoms with Crippen molar-refractivity contribution in [2.45, 2.75) is 20.8 Å². The lowest BCUT2D eigenvalue weighted by Gasteiger charge is -1.79. The third kappa shape index (κ3) is 11.0. The second-order valence-electron chi connectivity index (χ2n) is 1.02. The van der Waals surface area contributed by atoms with Crippen LogP contribution >= 0.6 is 0 Å². The van der Waals surface area contributed by atoms with Gasteiger partial charge in [-0.25, -0.2) is 9.98 Å². The van der Waals surface area contributed by atoms with Gasteiger partial charge in [-0.2, -0.15) is 0 Å². The van der Waals surface area contributed by atoms with Gasteiger partial charge in [0.25, 0.3) is 0 Å². The van der Waals surface area contributed by atoms with E-state index >= 15 is 0 Å². The Morgan fingerprint density at radius 1 is 1.44 bits per heavy atom. The van der Waals surface area contributed by atoms with E-state index in [4.69, 9.17) is 0 Å². The molecule has 0 aliphatic heterocycles. The lowest BCUT2D eigenvalue weighted by molar-refractivity contribution is 1.48. The van der Waals surface area contributed by atoms with E-state index in [1.54, 1.807) is 6.92 Å². The molecule has 0 aromatic heterocycles. The predicted molar refractivity (Wildman–Crippen MR) is 44.2 cm³/mol. The average molecular weight is 126 g/mol. The van der Waals surface area contributed by atoms with Gasteiger partial charge >= 0.3 is 0 Å². The van der Waals surface area contributed by atoms with Crippen LogP contribution in [0.1, 0.15) is 20.8 Å². The van der Waals surface area contributed by atoms with Crippen LogP contribution in [0.4, 0.5) is 0 Å². The summed E-state index contributed by atoms with van der Waals surface area (Å²) in [6.07, 6.45) is 1.43. The van der Waals surface area contributed by atoms with E-state index in [9.17, 15) is 0 Å². The van der Waals surface area contributed by atoms with Crippen LogP contribution < -0.4 is 0 Å². The molecule has 0 aliphatic carbocycles. The van der Waals surface area contributed by atoms with Crippen molar-refractivity contribution >= 4 is 12.6 Å². The van der Waals surface area contributed by atoms with Crippen molar-refractivity contribution in [1.82, 2.24) is 0 Å². The molecule has 0 heterocycles. The van der Waals surface area contributed by atoms with Gasteiger partial charge in [0.2, 0.25) is 0 Å². The van der Waals surface area contributed by atoms with Crippen molar-refractivity contribution in [2.24, 2.45) is 9.98 Å². The maximum atomic E-state index is 3.69. The van der Waals surface area contributed by atoms with Gasteiger partial charge in [0.15, 0.2) is 0 Å². The van der Waals surface area contributed by atoms with Crippen LogP contribution in [0.25, 0.3) is 0 Å². The molecule has 2 nitrogen and oxygen atoms in total. The Morgan fingerprint density at radius 2 is 1.89 bits per heavy atom. The highest BCUT2D eigenvalue weighted by molar-refractivity contribution is 5.84. The zero-order chi connectivity index (χ0) is 7.70. The Balaban J connectivity index is 0. The molecule has 0 aromatic rings. The molecule has 0 bridgehead atoms. The van der Waals surface area contributed by atoms with Crippen molar-refractivity contribution in [1.29, 1.82) is 0 Å². The van der Waals surface area contributed by atoms with E-state index < -0.39 is 0 Å². The normalized spacial score (nSPS) is 9.00. The summed E-state index contributed by atoms with van der Waals surface area (Å²) in [7, 11) is 0. The Morgan fingerprint density at radius 3 is 2.00 bits per heavy atom. The summed E-state index contributed by atoms with van der Waals surface area (Å²) >= 11 is 0. The highest BCUT2D eigenvalue weighted by atomic mass is 14.9. The molecular formula is C7H14N2. The summed E-state index contributed by atoms with van der Waals surface area (Å²) in [5.41, 5.74) is 0. The minimum atomic E-state index is 0.648. The summed E-state index contributed by atoms with van der Waals surface area (Å²) in [5, 5.41) is 0. The van der Waals surface area contributed by atoms with Gasteiger partial charge in [-0.15, -0.1) is 0 Å². The van der Waals surface area contributed by atoms with Crippen LogP contribution in [0.2, 0.25) is 0 Å². The smallest absolute Gasteiger partial charge is 0.124 e. The Labute approximate surface area is 57.0 Å². The third-order valence-electron chi connectivity index (χ3n) is 0.507. The molecule has 0 aliphatic rings. The van der Waals surface area contributed by atoms with E-state index in [0.29, 0.717) is 5.84 Å². The number of amidine groups is 1. The second kappa shape index (κ2) is 10.1. The summed E-state index contributed by atoms with van der Waals surface area (Å²) in [6, 6.07) is 0. The maximum absolute atomic E-state index is 3.69. The number of aliphatic imine (C=N–C) groups is 2. The van der Waals surface area contributed by atoms with Crippen molar-refractivity contribution in [2.75, 3.05) is 0 Å². The zero-order valence-corrected chi connectivity index (χ0v) is 6.39. The first-order valence-electron chi connectivity index (χ1n) is 2.93. The van der Waals surface area contributed by atoms with Gasteiger partial charge in [-0.1, -0.05) is 20.4 Å². The van der Waals surface area contributed by atoms with E-state index in [-0.39, 0.29) is 0 Å². The first kappa shape index (κ1) is 11.0. The number of hydrogen-bond donors (Lipinski definition) is 0. The molecule has 2 heteroatoms. The molecule has 0 rings (SSSR count). The summed E-state index contributed by atoms with van der Waals surface area (Å²) in [6.45, 7) is 12.4. The van der Waals surface area contributed by atoms with Crippen molar-refractivity contribution in [3.05, 3.63) is 12.8 Å². The minimum absolute atomic E-state index is 0.648. The Kier molecular flexibility index (Phi) is 12.3. The van der Waals surface area contributed by atoms with Gasteiger partial charge in [-0.05, 0) is 13.6 Å². The maximum Gasteiger partial charge on any atom is 0.124 e. The lowest BCUT2D eigenvalue weighted by atomic mass is 10.7. The monoisotopic (exact) mass is 126 g/mol. The van der Waals surface area contributed by atoms with E-state index in [0.717, 1.165) is 0 Å². The molecule has 0 fully saturated rings. The van der Waals surface area contributed by atoms with Crippen LogP contribution in [-0.2, 0) is 0 Å². The standard InChI is InChI=1S/C5H8N2.C2H6/c1-4-7-5(2)6-3;1-2/h4H,1,3H2,2H3;1-2H3. The van der Waals surface area contributed by atoms with Crippen LogP contribution in [0, 0.1) is 0 Å². The molecule has 0 atom stereocenters. The minimum Gasteiger partial charge on any atom is -0.250 e. The van der Waals surface area contributed by atoms with Crippen LogP contribution in [-0.4, -0.2) is 12.6 Å². The highest BCUT2D eigenvalue weighted by Crippen LogP contribution is 1.75. The van der Waals surface area contributed by atoms with Crippen LogP contribution in [0.5, 0.6) is 0 Å². The first-order valence-corrected chi connectivity index (χ1v) is 2.93. The van der Waals surface area contributed by atoms with Crippen molar-refractivity contribution in [3.63, 3.8) is 0 Å². The molecule has 0 saturated carbocycles. The predicted octanol–water partition coefficient (Wildman–Crippen LogP) is 2.28. The van der Waals surface area contributed by atoms with Crippen molar-refractivity contribution < 1.29 is 0 Å². The van der Waals surface area contributed by atoms with Crippen LogP contribution in [0.15, 0.2) is 22.8 Å². The fourth-order valence-electron chi connectivity index (χ4n) is 0.173. The Bertz CT molecular complexity index is 103. The Hall–Kier alpha value is -0.920. The van der Waals surface area contributed by atoms with Gasteiger partial charge in [0.05, 0.1) is 0 Å². The van der Waals surface area contributed by atoms with Gasteiger partial charge in [-0.3, -0.25) is 0 Å². The quantitative estimate of drug-likeness (QED) is 0.380. The second-order valence-corrected chi connectivity index (χ2v) is 1.02. The number of nitrogens with zero attached hydrogens (tertiary/aromatic N) is 2. The molecule has 0 N–H and O–H groups in total. The molecule has 0 amide bonds. The summed E-state index contributed by atoms with van der Waals surface area (Å²) in [5.74, 6) is 0.648. The largest absolute Gasteiger partial charge is 0.250 e. The van der Waals surface area contributed by atoms with E-state index in [1.807, 2.05) is 13.8 Å². The molecule has 52 valence electrons. The molecule has 9 heavy (non-hydrogen) atoms. The summed E-state index contributed by atoms with van der Waals surface area (Å²) < 4.78 is 0. The fraction of sp³-hybridized carbons (Fsp3) is 0.429. The van der Waals surface area contributed by atoms with Gasteiger partial charge < -0.3 is 0 Å². The molecule has 0 unspecified atom stereocenters. The average Bonchev–Trinajstić information content (AvgIpc) is 1.93. The topological polar surface area (TPSA) is 24.7 Å². The molecular weight excluding hydrogens is 112 g/mol. The fourth-order valence-corrected chi connectivity index (χ4v) is 0.173. The van der Waals surface area contributed by atoms with Gasteiger partial charge in [0, 0.05) is 6.20 Å². The molecule has 0 spiro atoms. The molecule has 0 aromatic carbocycles. The van der Waals surface area contributed by atoms with Gasteiger partial charge in [0.1, 0.15) is 5.84 Å². The number of rotatable bonds is 1. The summed E-state index contributed by atoms with van der Waals surface area (Å²) in [4.78, 5) is 7.20. The SMILES string of the molecule is C=CN=C(C)N=C.CC. The zero-order valence-electron chi connectivity index (χ0n) is 6.39. The first-order chi connectivity index (χ1) is 4.31.